The van der Waals surface area contributed by atoms with Crippen LogP contribution in [0.4, 0.5) is 5.82 Å². The van der Waals surface area contributed by atoms with Crippen molar-refractivity contribution in [2.75, 3.05) is 26.1 Å². The van der Waals surface area contributed by atoms with Crippen LogP contribution in [0.3, 0.4) is 0 Å². The number of nitrogens with two attached hydrogens (primary N) is 1. The first-order valence-corrected chi connectivity index (χ1v) is 10.8. The highest BCUT2D eigenvalue weighted by Gasteiger charge is 2.43. The van der Waals surface area contributed by atoms with E-state index in [0.717, 1.165) is 0 Å². The van der Waals surface area contributed by atoms with E-state index in [1.165, 1.54) is 25.6 Å². The van der Waals surface area contributed by atoms with E-state index in [0.29, 0.717) is 23.3 Å². The molecule has 11 nitrogen and oxygen atoms in total. The van der Waals surface area contributed by atoms with Crippen molar-refractivity contribution < 1.29 is 28.3 Å². The molecule has 0 bridgehead atoms. The van der Waals surface area contributed by atoms with Crippen LogP contribution in [-0.4, -0.2) is 49.8 Å². The zero-order valence-corrected chi connectivity index (χ0v) is 17.1. The number of benzene rings is 1. The average Bonchev–Trinajstić information content (AvgIpc) is 3.13. The summed E-state index contributed by atoms with van der Waals surface area (Å²) in [6.45, 7) is -0.149. The van der Waals surface area contributed by atoms with Gasteiger partial charge >= 0.3 is 7.82 Å². The maximum atomic E-state index is 12.3. The van der Waals surface area contributed by atoms with E-state index in [1.807, 2.05) is 4.57 Å². The van der Waals surface area contributed by atoms with Gasteiger partial charge in [-0.2, -0.15) is 0 Å². The van der Waals surface area contributed by atoms with Crippen molar-refractivity contribution in [1.29, 1.82) is 0 Å². The van der Waals surface area contributed by atoms with Gasteiger partial charge in [0.2, 0.25) is 0 Å². The Balaban J connectivity index is 1.38. The summed E-state index contributed by atoms with van der Waals surface area (Å²) in [6, 6.07) is 6.17. The summed E-state index contributed by atoms with van der Waals surface area (Å²) < 4.78 is 29.4. The Kier molecular flexibility index (Phi) is 5.61. The molecule has 1 unspecified atom stereocenters. The number of imidazole rings is 1. The zero-order valence-electron chi connectivity index (χ0n) is 16.2. The number of hydrogen-bond donors (Lipinski definition) is 3. The Morgan fingerprint density at radius 2 is 1.97 bits per heavy atom. The lowest BCUT2D eigenvalue weighted by Crippen LogP contribution is -2.42. The molecule has 4 rings (SSSR count). The Morgan fingerprint density at radius 3 is 2.67 bits per heavy atom. The first-order valence-electron chi connectivity index (χ1n) is 9.26. The zero-order chi connectivity index (χ0) is 21.3. The van der Waals surface area contributed by atoms with E-state index in [2.05, 4.69) is 15.0 Å². The van der Waals surface area contributed by atoms with Crippen molar-refractivity contribution in [3.8, 4) is 11.5 Å². The molecule has 3 aromatic rings. The Morgan fingerprint density at radius 1 is 1.23 bits per heavy atom. The summed E-state index contributed by atoms with van der Waals surface area (Å²) in [6.07, 6.45) is 3.59. The van der Waals surface area contributed by atoms with Gasteiger partial charge in [-0.25, -0.2) is 19.5 Å². The van der Waals surface area contributed by atoms with Gasteiger partial charge in [-0.15, -0.1) is 0 Å². The van der Waals surface area contributed by atoms with Crippen LogP contribution in [0.25, 0.3) is 11.2 Å². The van der Waals surface area contributed by atoms with Gasteiger partial charge in [0.05, 0.1) is 20.0 Å². The normalized spacial score (nSPS) is 23.0. The number of hydrogen-bond acceptors (Lipinski definition) is 9. The van der Waals surface area contributed by atoms with Crippen molar-refractivity contribution in [2.24, 2.45) is 11.8 Å². The highest BCUT2D eigenvalue weighted by molar-refractivity contribution is 7.47. The molecule has 12 heteroatoms. The van der Waals surface area contributed by atoms with Crippen LogP contribution in [0, 0.1) is 11.8 Å². The minimum Gasteiger partial charge on any atom is -0.497 e. The van der Waals surface area contributed by atoms with Gasteiger partial charge in [-0.3, -0.25) is 9.42 Å². The van der Waals surface area contributed by atoms with E-state index < -0.39 is 7.82 Å². The number of ether oxygens (including phenoxy) is 1. The van der Waals surface area contributed by atoms with Crippen molar-refractivity contribution >= 4 is 24.8 Å². The minimum absolute atomic E-state index is 0.0323. The molecule has 0 spiro atoms. The molecule has 4 atom stereocenters. The Labute approximate surface area is 172 Å². The van der Waals surface area contributed by atoms with Gasteiger partial charge < -0.3 is 24.7 Å². The molecule has 30 heavy (non-hydrogen) atoms. The van der Waals surface area contributed by atoms with E-state index in [1.54, 1.807) is 18.5 Å². The second-order valence-corrected chi connectivity index (χ2v) is 8.40. The van der Waals surface area contributed by atoms with Gasteiger partial charge in [0.25, 0.3) is 0 Å². The fourth-order valence-corrected chi connectivity index (χ4v) is 4.48. The third-order valence-corrected chi connectivity index (χ3v) is 6.25. The van der Waals surface area contributed by atoms with E-state index in [4.69, 9.17) is 19.5 Å². The summed E-state index contributed by atoms with van der Waals surface area (Å²) in [5.41, 5.74) is 6.91. The number of methoxy groups -OCH3 is 1. The fraction of sp³-hybridized carbons (Fsp3) is 0.389. The fourth-order valence-electron chi connectivity index (χ4n) is 3.66. The van der Waals surface area contributed by atoms with Crippen LogP contribution in [0.2, 0.25) is 0 Å². The molecule has 4 N–H and O–H groups in total. The standard InChI is InChI=1S/C18H22N5O6P/c1-27-12-2-4-13(5-3-12)29-30(25,26)28-8-11-6-15(14(11)7-24)23-10-22-16-17(19)20-9-21-18(16)23/h2-5,9-11,14-15,24H,6-8H2,1H3,(H,25,26)(H2,19,20,21)/t11-,14-,15-/m1/s1. The average molecular weight is 435 g/mol. The predicted octanol–water partition coefficient (Wildman–Crippen LogP) is 1.78. The maximum absolute atomic E-state index is 12.3. The Bertz CT molecular complexity index is 1070. The lowest BCUT2D eigenvalue weighted by molar-refractivity contribution is -0.00488. The number of fused-ring (bicyclic) bond motifs is 1. The molecule has 0 aliphatic heterocycles. The van der Waals surface area contributed by atoms with Crippen molar-refractivity contribution in [1.82, 2.24) is 19.5 Å². The van der Waals surface area contributed by atoms with Crippen LogP contribution in [0.1, 0.15) is 12.5 Å². The van der Waals surface area contributed by atoms with Gasteiger partial charge in [0.15, 0.2) is 11.5 Å². The van der Waals surface area contributed by atoms with Crippen LogP contribution in [0.5, 0.6) is 11.5 Å². The number of aromatic nitrogens is 4. The first kappa shape index (κ1) is 20.5. The third-order valence-electron chi connectivity index (χ3n) is 5.33. The van der Waals surface area contributed by atoms with Gasteiger partial charge in [-0.05, 0) is 36.6 Å². The second kappa shape index (κ2) is 8.19. The van der Waals surface area contributed by atoms with Crippen molar-refractivity contribution in [3.05, 3.63) is 36.9 Å². The number of nitrogens with zero attached hydrogens (tertiary/aromatic N) is 4. The quantitative estimate of drug-likeness (QED) is 0.446. The molecule has 1 aliphatic carbocycles. The molecular formula is C18H22N5O6P. The van der Waals surface area contributed by atoms with Crippen LogP contribution in [-0.2, 0) is 9.09 Å². The minimum atomic E-state index is -4.31. The van der Waals surface area contributed by atoms with Gasteiger partial charge in [0, 0.05) is 18.6 Å². The molecule has 1 fully saturated rings. The van der Waals surface area contributed by atoms with Crippen LogP contribution >= 0.6 is 7.82 Å². The monoisotopic (exact) mass is 435 g/mol. The second-order valence-electron chi connectivity index (χ2n) is 7.02. The lowest BCUT2D eigenvalue weighted by atomic mass is 9.70. The maximum Gasteiger partial charge on any atom is 0.527 e. The highest BCUT2D eigenvalue weighted by Crippen LogP contribution is 2.49. The van der Waals surface area contributed by atoms with E-state index in [9.17, 15) is 14.6 Å². The van der Waals surface area contributed by atoms with Crippen molar-refractivity contribution in [2.45, 2.75) is 12.5 Å². The number of phosphoric ester groups is 1. The summed E-state index contributed by atoms with van der Waals surface area (Å²) in [7, 11) is -2.79. The third kappa shape index (κ3) is 3.97. The molecule has 0 radical (unpaired) electrons. The molecule has 160 valence electrons. The van der Waals surface area contributed by atoms with Crippen LogP contribution < -0.4 is 15.0 Å². The van der Waals surface area contributed by atoms with Gasteiger partial charge in [0.1, 0.15) is 23.3 Å². The van der Waals surface area contributed by atoms with E-state index >= 15 is 0 Å². The number of nitrogen functional groups attached to an aromatic ring is 1. The smallest absolute Gasteiger partial charge is 0.497 e. The summed E-state index contributed by atoms with van der Waals surface area (Å²) in [4.78, 5) is 22.4. The predicted molar refractivity (Wildman–Crippen MR) is 107 cm³/mol. The molecule has 2 heterocycles. The van der Waals surface area contributed by atoms with Crippen molar-refractivity contribution in [3.63, 3.8) is 0 Å². The number of anilines is 1. The summed E-state index contributed by atoms with van der Waals surface area (Å²) in [5.74, 6) is 0.752. The van der Waals surface area contributed by atoms with Gasteiger partial charge in [-0.1, -0.05) is 0 Å². The molecule has 0 saturated heterocycles. The number of aliphatic hydroxyl groups excluding tert-OH is 1. The SMILES string of the molecule is COc1ccc(OP(=O)(O)OC[C@H]2C[C@@H](n3cnc4c(N)ncnc43)[C@@H]2CO)cc1. The molecule has 1 saturated carbocycles. The molecule has 2 aromatic heterocycles. The Hall–Kier alpha value is -2.72. The summed E-state index contributed by atoms with van der Waals surface area (Å²) >= 11 is 0. The highest BCUT2D eigenvalue weighted by atomic mass is 31.2. The first-order chi connectivity index (χ1) is 14.4. The van der Waals surface area contributed by atoms with E-state index in [-0.39, 0.29) is 42.7 Å². The molecule has 0 amide bonds. The van der Waals surface area contributed by atoms with Crippen LogP contribution in [0.15, 0.2) is 36.9 Å². The molecule has 1 aromatic carbocycles. The number of rotatable bonds is 8. The molecule has 1 aliphatic rings. The lowest BCUT2D eigenvalue weighted by Gasteiger charge is -2.44. The number of aliphatic hydroxyl groups is 1. The topological polar surface area (TPSA) is 155 Å². The largest absolute Gasteiger partial charge is 0.527 e. The molecular weight excluding hydrogens is 413 g/mol. The summed E-state index contributed by atoms with van der Waals surface area (Å²) in [5, 5.41) is 9.84. The number of phosphoric acid groups is 1.